The second kappa shape index (κ2) is 21.9. The molecule has 0 aliphatic carbocycles. The number of aliphatic hydroxyl groups is 6. The zero-order valence-corrected chi connectivity index (χ0v) is 35.8. The third-order valence-electron chi connectivity index (χ3n) is 4.71. The third kappa shape index (κ3) is 20.5. The fourth-order valence-electron chi connectivity index (χ4n) is 2.93. The van der Waals surface area contributed by atoms with E-state index in [1.165, 1.54) is 0 Å². The van der Waals surface area contributed by atoms with Crippen LogP contribution in [0.4, 0.5) is 0 Å². The Bertz CT molecular complexity index is 952. The molecule has 10 N–H and O–H groups in total. The van der Waals surface area contributed by atoms with Gasteiger partial charge in [-0.1, -0.05) is 0 Å². The number of phosphoric ester groups is 4. The summed E-state index contributed by atoms with van der Waals surface area (Å²) in [7, 11) is -21.2. The molecule has 0 bridgehead atoms. The summed E-state index contributed by atoms with van der Waals surface area (Å²) in [5.74, 6) is -5.49. The van der Waals surface area contributed by atoms with E-state index in [4.69, 9.17) is 9.79 Å². The molecule has 25 nitrogen and oxygen atoms in total. The molecule has 4 unspecified atom stereocenters. The summed E-state index contributed by atoms with van der Waals surface area (Å²) in [5, 5.41) is 57.2. The first-order valence-electron chi connectivity index (χ1n) is 9.90. The van der Waals surface area contributed by atoms with E-state index >= 15 is 0 Å². The van der Waals surface area contributed by atoms with Crippen LogP contribution in [0, 0.1) is 0 Å². The number of phosphoric acid groups is 4. The normalized spacial score (nSPS) is 34.4. The number of ether oxygens (including phenoxy) is 2. The Morgan fingerprint density at radius 1 is 0.591 bits per heavy atom. The Morgan fingerprint density at radius 3 is 1.05 bits per heavy atom. The van der Waals surface area contributed by atoms with Gasteiger partial charge >= 0.3 is 136 Å². The number of hydrogen-bond acceptors (Lipinski definition) is 22. The van der Waals surface area contributed by atoms with Gasteiger partial charge < -0.3 is 112 Å². The van der Waals surface area contributed by atoms with Crippen molar-refractivity contribution in [2.75, 3.05) is 26.4 Å². The third-order valence-corrected chi connectivity index (χ3v) is 6.55. The maximum atomic E-state index is 10.4. The quantitative estimate of drug-likeness (QED) is 0.0665. The Labute approximate surface area is 357 Å². The molecule has 2 aliphatic rings. The molecule has 2 saturated heterocycles. The summed E-state index contributed by atoms with van der Waals surface area (Å²) < 4.78 is 65.7. The number of aliphatic hydroxyl groups excluding tert-OH is 4. The van der Waals surface area contributed by atoms with Gasteiger partial charge in [0.15, 0.2) is 0 Å². The van der Waals surface area contributed by atoms with Crippen LogP contribution in [0.15, 0.2) is 0 Å². The summed E-state index contributed by atoms with van der Waals surface area (Å²) >= 11 is 0. The largest absolute Gasteiger partial charge is 2.00 e. The van der Waals surface area contributed by atoms with E-state index in [9.17, 15) is 78.3 Å². The molecule has 0 amide bonds. The van der Waals surface area contributed by atoms with Gasteiger partial charge in [-0.25, -0.2) is 0 Å². The van der Waals surface area contributed by atoms with Crippen LogP contribution in [0.2, 0.25) is 0 Å². The second-order valence-electron chi connectivity index (χ2n) is 7.84. The van der Waals surface area contributed by atoms with Gasteiger partial charge in [-0.2, -0.15) is 0 Å². The predicted octanol–water partition coefficient (Wildman–Crippen LogP) is -11.7. The minimum absolute atomic E-state index is 0. The Balaban J connectivity index is -0.000000333. The second-order valence-corrected chi connectivity index (χ2v) is 12.5. The van der Waals surface area contributed by atoms with Gasteiger partial charge in [0, 0.05) is 0 Å². The van der Waals surface area contributed by atoms with Gasteiger partial charge in [0.2, 0.25) is 11.6 Å². The molecule has 0 spiro atoms. The van der Waals surface area contributed by atoms with Crippen molar-refractivity contribution in [1.82, 2.24) is 0 Å². The van der Waals surface area contributed by atoms with E-state index in [1.807, 2.05) is 0 Å². The maximum absolute atomic E-state index is 10.4. The van der Waals surface area contributed by atoms with Crippen LogP contribution in [0.3, 0.4) is 0 Å². The molecule has 10 atom stereocenters. The Morgan fingerprint density at radius 2 is 0.841 bits per heavy atom. The SMILES string of the molecule is O.O=P([O-])([O-])OC[C@H]1OC(O)(COP(=O)([O-])O)[C@@H](O)[C@@H]1O.O=P([O-])([O-])OC[C@H]1OC(O)(COP(=O)([O-])O)[C@@H](O)[C@@H]1O.[Sr+2].[Sr+2].[Sr+2]. The van der Waals surface area contributed by atoms with Gasteiger partial charge in [-0.05, 0) is 0 Å². The molecule has 0 aromatic rings. The van der Waals surface area contributed by atoms with E-state index in [0.717, 1.165) is 0 Å². The molecule has 2 aliphatic heterocycles. The van der Waals surface area contributed by atoms with Crippen molar-refractivity contribution < 1.29 is 121 Å². The monoisotopic (exact) mass is 956 g/mol. The summed E-state index contributed by atoms with van der Waals surface area (Å²) in [6.45, 7) is -4.57. The minimum atomic E-state index is -5.37. The summed E-state index contributed by atoms with van der Waals surface area (Å²) in [5.41, 5.74) is 0. The number of rotatable bonds is 12. The molecule has 44 heavy (non-hydrogen) atoms. The van der Waals surface area contributed by atoms with Crippen molar-refractivity contribution >= 4 is 168 Å². The van der Waals surface area contributed by atoms with E-state index in [1.54, 1.807) is 0 Å². The topological polar surface area (TPSA) is 455 Å². The molecule has 0 aromatic carbocycles. The van der Waals surface area contributed by atoms with E-state index in [-0.39, 0.29) is 142 Å². The number of hydrogen-bond donors (Lipinski definition) is 8. The van der Waals surface area contributed by atoms with E-state index < -0.39 is 106 Å². The van der Waals surface area contributed by atoms with Crippen LogP contribution in [0.5, 0.6) is 0 Å². The van der Waals surface area contributed by atoms with Crippen LogP contribution in [0.1, 0.15) is 0 Å². The molecule has 248 valence electrons. The molecule has 2 rings (SSSR count). The molecule has 0 radical (unpaired) electrons. The molecule has 2 heterocycles. The first kappa shape index (κ1) is 55.3. The fourth-order valence-corrected chi connectivity index (χ4v) is 4.28. The zero-order valence-electron chi connectivity index (χ0n) is 21.8. The summed E-state index contributed by atoms with van der Waals surface area (Å²) in [6.07, 6.45) is -11.3. The zero-order chi connectivity index (χ0) is 31.5. The van der Waals surface area contributed by atoms with Gasteiger partial charge in [0.1, 0.15) is 49.8 Å². The smallest absolute Gasteiger partial charge is 0.790 e. The fraction of sp³-hybridized carbons (Fsp3) is 1.00. The molecular weight excluding hydrogens is 931 g/mol. The van der Waals surface area contributed by atoms with Crippen molar-refractivity contribution in [2.45, 2.75) is 48.2 Å². The maximum Gasteiger partial charge on any atom is 2.00 e. The standard InChI is InChI=1S/2C6H14O12P2.H2O.3Sr/c2*7-4-3(1-16-19(10,11)12)18-6(9,5(4)8)2-17-20(13,14)15;;;;/h2*3-5,7-9H,1-2H2,(H2,10,11,12)(H2,13,14,15);1H2;;;/q;;;3*+2/p-6/t2*3-,4-,5+,6?;;;;/m11..../s1. The molecule has 2 fully saturated rings. The Hall–Kier alpha value is 4.52. The average molecular weight is 955 g/mol. The Kier molecular flexibility index (Phi) is 27.5. The van der Waals surface area contributed by atoms with Crippen molar-refractivity contribution in [3.05, 3.63) is 0 Å². The van der Waals surface area contributed by atoms with Gasteiger partial charge in [0.25, 0.3) is 15.6 Å². The van der Waals surface area contributed by atoms with Crippen LogP contribution < -0.4 is 29.4 Å². The predicted molar refractivity (Wildman–Crippen MR) is 123 cm³/mol. The van der Waals surface area contributed by atoms with Crippen LogP contribution in [-0.4, -0.2) is 257 Å². The van der Waals surface area contributed by atoms with E-state index in [0.29, 0.717) is 0 Å². The van der Waals surface area contributed by atoms with Crippen molar-refractivity contribution in [1.29, 1.82) is 0 Å². The summed E-state index contributed by atoms with van der Waals surface area (Å²) in [4.78, 5) is 78.4. The van der Waals surface area contributed by atoms with Gasteiger partial charge in [-0.15, -0.1) is 0 Å². The van der Waals surface area contributed by atoms with Crippen LogP contribution in [-0.2, 0) is 45.8 Å². The average Bonchev–Trinajstić information content (AvgIpc) is 3.12. The molecule has 0 aromatic heterocycles. The first-order valence-corrected chi connectivity index (χ1v) is 15.8. The molecular formula is C12H24O25P4Sr3. The molecule has 0 saturated carbocycles. The van der Waals surface area contributed by atoms with Crippen molar-refractivity contribution in [3.8, 4) is 0 Å². The minimum Gasteiger partial charge on any atom is -0.790 e. The van der Waals surface area contributed by atoms with Crippen molar-refractivity contribution in [3.63, 3.8) is 0 Å². The van der Waals surface area contributed by atoms with Crippen molar-refractivity contribution in [2.24, 2.45) is 0 Å². The van der Waals surface area contributed by atoms with Gasteiger partial charge in [0.05, 0.1) is 28.9 Å². The van der Waals surface area contributed by atoms with Gasteiger partial charge in [-0.3, -0.25) is 9.13 Å². The van der Waals surface area contributed by atoms with E-state index in [2.05, 4.69) is 27.6 Å². The molecule has 32 heteroatoms. The van der Waals surface area contributed by atoms with Crippen LogP contribution >= 0.6 is 31.3 Å². The summed E-state index contributed by atoms with van der Waals surface area (Å²) in [6, 6.07) is 0. The first-order chi connectivity index (χ1) is 17.7. The van der Waals surface area contributed by atoms with Crippen LogP contribution in [0.25, 0.3) is 0 Å².